The fraction of sp³-hybridized carbons (Fsp3) is 0.471. The van der Waals surface area contributed by atoms with Gasteiger partial charge in [0.1, 0.15) is 12.3 Å². The van der Waals surface area contributed by atoms with Crippen LogP contribution in [0.2, 0.25) is 5.02 Å². The standard InChI is InChI=1S/C17H17ClF2N2O4/c18-12-7-9(5-6-13(12)26-17(19)20)21-14(23)8-22-15(24)10-3-1-2-4-11(10)16(22)25/h5-7,10-11,17H,1-4,8H2,(H,21,23)/t10-,11-/m0/s1. The number of amides is 3. The Kier molecular flexibility index (Phi) is 5.41. The lowest BCUT2D eigenvalue weighted by Gasteiger charge is -2.19. The van der Waals surface area contributed by atoms with Crippen LogP contribution in [0.3, 0.4) is 0 Å². The van der Waals surface area contributed by atoms with E-state index < -0.39 is 12.5 Å². The first-order valence-electron chi connectivity index (χ1n) is 8.26. The summed E-state index contributed by atoms with van der Waals surface area (Å²) >= 11 is 5.83. The number of rotatable bonds is 5. The summed E-state index contributed by atoms with van der Waals surface area (Å²) < 4.78 is 28.7. The van der Waals surface area contributed by atoms with Gasteiger partial charge in [-0.1, -0.05) is 24.4 Å². The maximum absolute atomic E-state index is 12.4. The maximum Gasteiger partial charge on any atom is 0.387 e. The molecule has 0 bridgehead atoms. The van der Waals surface area contributed by atoms with Crippen molar-refractivity contribution in [1.82, 2.24) is 4.90 Å². The first-order chi connectivity index (χ1) is 12.4. The minimum absolute atomic E-state index is 0.0950. The second-order valence-corrected chi connectivity index (χ2v) is 6.74. The van der Waals surface area contributed by atoms with Crippen molar-refractivity contribution in [3.63, 3.8) is 0 Å². The molecule has 1 aromatic rings. The van der Waals surface area contributed by atoms with Crippen molar-refractivity contribution < 1.29 is 27.9 Å². The van der Waals surface area contributed by atoms with Crippen LogP contribution in [-0.4, -0.2) is 35.8 Å². The average Bonchev–Trinajstić information content (AvgIpc) is 2.82. The molecule has 0 aromatic heterocycles. The maximum atomic E-state index is 12.4. The summed E-state index contributed by atoms with van der Waals surface area (Å²) in [6, 6.07) is 3.80. The Morgan fingerprint density at radius 1 is 1.23 bits per heavy atom. The van der Waals surface area contributed by atoms with Gasteiger partial charge in [0, 0.05) is 5.69 Å². The minimum Gasteiger partial charge on any atom is -0.433 e. The molecule has 26 heavy (non-hydrogen) atoms. The zero-order valence-electron chi connectivity index (χ0n) is 13.7. The smallest absolute Gasteiger partial charge is 0.387 e. The number of ether oxygens (including phenoxy) is 1. The lowest BCUT2D eigenvalue weighted by molar-refractivity contribution is -0.142. The van der Waals surface area contributed by atoms with Crippen LogP contribution in [0.25, 0.3) is 0 Å². The SMILES string of the molecule is O=C(CN1C(=O)[C@H]2CCCC[C@@H]2C1=O)Nc1ccc(OC(F)F)c(Cl)c1. The van der Waals surface area contributed by atoms with Gasteiger partial charge in [0.15, 0.2) is 0 Å². The van der Waals surface area contributed by atoms with Gasteiger partial charge in [-0.15, -0.1) is 0 Å². The van der Waals surface area contributed by atoms with E-state index in [4.69, 9.17) is 11.6 Å². The summed E-state index contributed by atoms with van der Waals surface area (Å²) in [5, 5.41) is 2.41. The summed E-state index contributed by atoms with van der Waals surface area (Å²) in [7, 11) is 0. The number of anilines is 1. The molecule has 2 fully saturated rings. The number of nitrogens with one attached hydrogen (secondary N) is 1. The Balaban J connectivity index is 1.63. The first kappa shape index (κ1) is 18.6. The molecule has 1 aliphatic carbocycles. The lowest BCUT2D eigenvalue weighted by Crippen LogP contribution is -2.38. The van der Waals surface area contributed by atoms with E-state index in [-0.39, 0.29) is 46.7 Å². The number of imide groups is 1. The Bertz CT molecular complexity index is 719. The summed E-state index contributed by atoms with van der Waals surface area (Å²) in [6.45, 7) is -3.39. The number of nitrogens with zero attached hydrogens (tertiary/aromatic N) is 1. The van der Waals surface area contributed by atoms with Crippen LogP contribution in [0.4, 0.5) is 14.5 Å². The van der Waals surface area contributed by atoms with E-state index in [1.807, 2.05) is 0 Å². The van der Waals surface area contributed by atoms with E-state index in [0.29, 0.717) is 12.8 Å². The molecule has 0 spiro atoms. The highest BCUT2D eigenvalue weighted by Gasteiger charge is 2.48. The molecule has 1 heterocycles. The Labute approximate surface area is 153 Å². The van der Waals surface area contributed by atoms with Crippen molar-refractivity contribution in [3.8, 4) is 5.75 Å². The van der Waals surface area contributed by atoms with E-state index in [0.717, 1.165) is 17.7 Å². The molecule has 0 radical (unpaired) electrons. The van der Waals surface area contributed by atoms with Crippen molar-refractivity contribution in [3.05, 3.63) is 23.2 Å². The molecule has 9 heteroatoms. The summed E-state index contributed by atoms with van der Waals surface area (Å²) in [6.07, 6.45) is 3.17. The van der Waals surface area contributed by atoms with Gasteiger partial charge in [0.05, 0.1) is 16.9 Å². The molecule has 1 aliphatic heterocycles. The topological polar surface area (TPSA) is 75.7 Å². The van der Waals surface area contributed by atoms with Gasteiger partial charge in [-0.2, -0.15) is 8.78 Å². The van der Waals surface area contributed by atoms with Gasteiger partial charge in [0.25, 0.3) is 0 Å². The van der Waals surface area contributed by atoms with Crippen molar-refractivity contribution >= 4 is 35.0 Å². The number of hydrogen-bond donors (Lipinski definition) is 1. The van der Waals surface area contributed by atoms with Crippen molar-refractivity contribution in [2.24, 2.45) is 11.8 Å². The Morgan fingerprint density at radius 2 is 1.85 bits per heavy atom. The van der Waals surface area contributed by atoms with Gasteiger partial charge in [-0.3, -0.25) is 19.3 Å². The Hall–Kier alpha value is -2.22. The van der Waals surface area contributed by atoms with Gasteiger partial charge < -0.3 is 10.1 Å². The predicted molar refractivity (Wildman–Crippen MR) is 88.9 cm³/mol. The molecule has 1 saturated carbocycles. The van der Waals surface area contributed by atoms with E-state index in [1.54, 1.807) is 0 Å². The molecule has 1 saturated heterocycles. The minimum atomic E-state index is -3.01. The normalized spacial score (nSPS) is 22.5. The highest BCUT2D eigenvalue weighted by Crippen LogP contribution is 2.38. The molecule has 3 rings (SSSR count). The second kappa shape index (κ2) is 7.57. The summed E-state index contributed by atoms with van der Waals surface area (Å²) in [5.74, 6) is -2.01. The zero-order valence-corrected chi connectivity index (χ0v) is 14.5. The average molecular weight is 387 g/mol. The third kappa shape index (κ3) is 3.80. The van der Waals surface area contributed by atoms with Crippen LogP contribution in [0, 0.1) is 11.8 Å². The van der Waals surface area contributed by atoms with Gasteiger partial charge in [0.2, 0.25) is 17.7 Å². The zero-order chi connectivity index (χ0) is 18.8. The van der Waals surface area contributed by atoms with E-state index in [1.165, 1.54) is 18.2 Å². The third-order valence-electron chi connectivity index (χ3n) is 4.67. The van der Waals surface area contributed by atoms with Crippen molar-refractivity contribution in [2.45, 2.75) is 32.3 Å². The number of halogens is 3. The number of hydrogen-bond acceptors (Lipinski definition) is 4. The molecule has 140 valence electrons. The number of fused-ring (bicyclic) bond motifs is 1. The van der Waals surface area contributed by atoms with Crippen LogP contribution in [0.1, 0.15) is 25.7 Å². The van der Waals surface area contributed by atoms with E-state index in [9.17, 15) is 23.2 Å². The second-order valence-electron chi connectivity index (χ2n) is 6.33. The molecule has 6 nitrogen and oxygen atoms in total. The molecular weight excluding hydrogens is 370 g/mol. The summed E-state index contributed by atoms with van der Waals surface area (Å²) in [5.41, 5.74) is 0.248. The van der Waals surface area contributed by atoms with Crippen LogP contribution < -0.4 is 10.1 Å². The van der Waals surface area contributed by atoms with Crippen LogP contribution >= 0.6 is 11.6 Å². The molecule has 1 aromatic carbocycles. The fourth-order valence-electron chi connectivity index (χ4n) is 3.50. The molecule has 1 N–H and O–H groups in total. The highest BCUT2D eigenvalue weighted by molar-refractivity contribution is 6.32. The van der Waals surface area contributed by atoms with E-state index in [2.05, 4.69) is 10.1 Å². The van der Waals surface area contributed by atoms with Crippen LogP contribution in [0.5, 0.6) is 5.75 Å². The monoisotopic (exact) mass is 386 g/mol. The quantitative estimate of drug-likeness (QED) is 0.789. The molecule has 0 unspecified atom stereocenters. The molecular formula is C17H17ClF2N2O4. The first-order valence-corrected chi connectivity index (χ1v) is 8.64. The Morgan fingerprint density at radius 3 is 2.38 bits per heavy atom. The number of carbonyl (C=O) groups is 3. The number of likely N-dealkylation sites (tertiary alicyclic amines) is 1. The van der Waals surface area contributed by atoms with Gasteiger partial charge >= 0.3 is 6.61 Å². The number of alkyl halides is 2. The van der Waals surface area contributed by atoms with E-state index >= 15 is 0 Å². The molecule has 3 amide bonds. The lowest BCUT2D eigenvalue weighted by atomic mass is 9.81. The third-order valence-corrected chi connectivity index (χ3v) is 4.96. The molecule has 2 aliphatic rings. The highest BCUT2D eigenvalue weighted by atomic mass is 35.5. The fourth-order valence-corrected chi connectivity index (χ4v) is 3.73. The number of benzene rings is 1. The summed E-state index contributed by atoms with van der Waals surface area (Å²) in [4.78, 5) is 37.9. The molecule has 2 atom stereocenters. The largest absolute Gasteiger partial charge is 0.433 e. The predicted octanol–water partition coefficient (Wildman–Crippen LogP) is 3.06. The van der Waals surface area contributed by atoms with Crippen LogP contribution in [0.15, 0.2) is 18.2 Å². The van der Waals surface area contributed by atoms with Gasteiger partial charge in [-0.25, -0.2) is 0 Å². The van der Waals surface area contributed by atoms with Crippen molar-refractivity contribution in [1.29, 1.82) is 0 Å². The van der Waals surface area contributed by atoms with Crippen molar-refractivity contribution in [2.75, 3.05) is 11.9 Å². The van der Waals surface area contributed by atoms with Gasteiger partial charge in [-0.05, 0) is 31.0 Å². The van der Waals surface area contributed by atoms with Crippen LogP contribution in [-0.2, 0) is 14.4 Å². The number of carbonyl (C=O) groups excluding carboxylic acids is 3.